The number of fused-ring (bicyclic) bond motifs is 1. The molecule has 2 aromatic rings. The van der Waals surface area contributed by atoms with Crippen LogP contribution in [0.3, 0.4) is 0 Å². The van der Waals surface area contributed by atoms with Crippen molar-refractivity contribution in [2.75, 3.05) is 0 Å². The van der Waals surface area contributed by atoms with Crippen LogP contribution in [0.5, 0.6) is 0 Å². The van der Waals surface area contributed by atoms with Crippen molar-refractivity contribution in [2.45, 2.75) is 6.92 Å². The van der Waals surface area contributed by atoms with Crippen molar-refractivity contribution in [1.29, 1.82) is 0 Å². The zero-order chi connectivity index (χ0) is 9.59. The van der Waals surface area contributed by atoms with Gasteiger partial charge in [-0.2, -0.15) is 0 Å². The Morgan fingerprint density at radius 1 is 1.62 bits per heavy atom. The summed E-state index contributed by atoms with van der Waals surface area (Å²) in [5.41, 5.74) is 0.902. The zero-order valence-electron chi connectivity index (χ0n) is 7.17. The molecular formula is C8H7ClN2O2. The number of hydrogen-bond donors (Lipinski definition) is 0. The highest BCUT2D eigenvalue weighted by molar-refractivity contribution is 6.35. The molecule has 0 N–H and O–H groups in total. The Bertz CT molecular complexity index is 527. The van der Waals surface area contributed by atoms with Crippen LogP contribution in [-0.4, -0.2) is 9.72 Å². The summed E-state index contributed by atoms with van der Waals surface area (Å²) in [6, 6.07) is 1.36. The molecule has 0 bridgehead atoms. The van der Waals surface area contributed by atoms with Crippen molar-refractivity contribution < 1.29 is 4.52 Å². The highest BCUT2D eigenvalue weighted by atomic mass is 35.5. The molecule has 0 aliphatic heterocycles. The SMILES string of the molecule is Cc1noc2c1c(Cl)cc(=O)n2C. The first kappa shape index (κ1) is 8.31. The molecule has 0 spiro atoms. The van der Waals surface area contributed by atoms with E-state index in [-0.39, 0.29) is 5.56 Å². The number of aryl methyl sites for hydroxylation is 2. The molecule has 5 heteroatoms. The van der Waals surface area contributed by atoms with Gasteiger partial charge < -0.3 is 4.52 Å². The number of pyridine rings is 1. The maximum absolute atomic E-state index is 11.3. The van der Waals surface area contributed by atoms with Gasteiger partial charge in [-0.25, -0.2) is 0 Å². The molecule has 0 aliphatic carbocycles. The minimum atomic E-state index is -0.200. The number of hydrogen-bond acceptors (Lipinski definition) is 3. The van der Waals surface area contributed by atoms with Crippen molar-refractivity contribution in [1.82, 2.24) is 9.72 Å². The molecule has 0 aliphatic rings. The van der Waals surface area contributed by atoms with E-state index in [9.17, 15) is 4.79 Å². The Labute approximate surface area is 78.7 Å². The summed E-state index contributed by atoms with van der Waals surface area (Å²) in [5, 5.41) is 4.82. The quantitative estimate of drug-likeness (QED) is 0.645. The second-order valence-corrected chi connectivity index (χ2v) is 3.24. The van der Waals surface area contributed by atoms with Crippen LogP contribution in [0.4, 0.5) is 0 Å². The van der Waals surface area contributed by atoms with Gasteiger partial charge in [0.25, 0.3) is 5.56 Å². The molecular weight excluding hydrogens is 192 g/mol. The number of rotatable bonds is 0. The van der Waals surface area contributed by atoms with Gasteiger partial charge in [0.15, 0.2) is 0 Å². The first-order valence-corrected chi connectivity index (χ1v) is 4.10. The van der Waals surface area contributed by atoms with E-state index in [0.717, 1.165) is 0 Å². The monoisotopic (exact) mass is 198 g/mol. The van der Waals surface area contributed by atoms with Crippen LogP contribution in [0.2, 0.25) is 5.02 Å². The van der Waals surface area contributed by atoms with Crippen LogP contribution in [0.25, 0.3) is 11.1 Å². The van der Waals surface area contributed by atoms with Gasteiger partial charge in [0, 0.05) is 13.1 Å². The molecule has 0 saturated carbocycles. The van der Waals surface area contributed by atoms with Crippen molar-refractivity contribution in [2.24, 2.45) is 7.05 Å². The molecule has 4 nitrogen and oxygen atoms in total. The molecule has 2 rings (SSSR count). The third-order valence-corrected chi connectivity index (χ3v) is 2.27. The summed E-state index contributed by atoms with van der Waals surface area (Å²) in [5.74, 6) is 0. The number of aromatic nitrogens is 2. The molecule has 13 heavy (non-hydrogen) atoms. The lowest BCUT2D eigenvalue weighted by molar-refractivity contribution is 0.432. The predicted molar refractivity (Wildman–Crippen MR) is 49.0 cm³/mol. The average molecular weight is 199 g/mol. The van der Waals surface area contributed by atoms with E-state index in [1.807, 2.05) is 0 Å². The summed E-state index contributed by atoms with van der Waals surface area (Å²) in [6.07, 6.45) is 0. The molecule has 0 saturated heterocycles. The molecule has 2 heterocycles. The van der Waals surface area contributed by atoms with Crippen LogP contribution < -0.4 is 5.56 Å². The molecule has 0 fully saturated rings. The fourth-order valence-corrected chi connectivity index (χ4v) is 1.55. The van der Waals surface area contributed by atoms with E-state index in [1.54, 1.807) is 14.0 Å². The van der Waals surface area contributed by atoms with Crippen LogP contribution in [0, 0.1) is 6.92 Å². The fraction of sp³-hybridized carbons (Fsp3) is 0.250. The van der Waals surface area contributed by atoms with E-state index in [2.05, 4.69) is 5.16 Å². The van der Waals surface area contributed by atoms with Gasteiger partial charge in [0.1, 0.15) is 0 Å². The standard InChI is InChI=1S/C8H7ClN2O2/c1-4-7-5(9)3-6(12)11(2)8(7)13-10-4/h3H,1-2H3. The maximum Gasteiger partial charge on any atom is 0.254 e. The molecule has 68 valence electrons. The summed E-state index contributed by atoms with van der Waals surface area (Å²) in [7, 11) is 1.62. The molecule has 0 unspecified atom stereocenters. The Morgan fingerprint density at radius 3 is 3.00 bits per heavy atom. The molecule has 0 amide bonds. The van der Waals surface area contributed by atoms with Gasteiger partial charge in [-0.3, -0.25) is 9.36 Å². The van der Waals surface area contributed by atoms with E-state index in [4.69, 9.17) is 16.1 Å². The highest BCUT2D eigenvalue weighted by Crippen LogP contribution is 2.23. The van der Waals surface area contributed by atoms with E-state index >= 15 is 0 Å². The Morgan fingerprint density at radius 2 is 2.31 bits per heavy atom. The minimum Gasteiger partial charge on any atom is -0.337 e. The zero-order valence-corrected chi connectivity index (χ0v) is 7.92. The van der Waals surface area contributed by atoms with Crippen LogP contribution in [-0.2, 0) is 7.05 Å². The van der Waals surface area contributed by atoms with E-state index in [0.29, 0.717) is 21.8 Å². The van der Waals surface area contributed by atoms with E-state index in [1.165, 1.54) is 10.6 Å². The highest BCUT2D eigenvalue weighted by Gasteiger charge is 2.12. The van der Waals surface area contributed by atoms with Crippen molar-refractivity contribution in [3.63, 3.8) is 0 Å². The smallest absolute Gasteiger partial charge is 0.254 e. The van der Waals surface area contributed by atoms with Gasteiger partial charge in [-0.15, -0.1) is 0 Å². The van der Waals surface area contributed by atoms with Crippen molar-refractivity contribution in [3.05, 3.63) is 27.1 Å². The molecule has 0 aromatic carbocycles. The van der Waals surface area contributed by atoms with Gasteiger partial charge in [-0.05, 0) is 6.92 Å². The summed E-state index contributed by atoms with van der Waals surface area (Å²) in [4.78, 5) is 11.3. The summed E-state index contributed by atoms with van der Waals surface area (Å²) < 4.78 is 6.35. The Balaban J connectivity index is 3.08. The van der Waals surface area contributed by atoms with Gasteiger partial charge >= 0.3 is 0 Å². The topological polar surface area (TPSA) is 48.0 Å². The average Bonchev–Trinajstić information content (AvgIpc) is 2.44. The maximum atomic E-state index is 11.3. The lowest BCUT2D eigenvalue weighted by Gasteiger charge is -1.97. The van der Waals surface area contributed by atoms with Gasteiger partial charge in [0.05, 0.1) is 16.1 Å². The van der Waals surface area contributed by atoms with E-state index < -0.39 is 0 Å². The first-order chi connectivity index (χ1) is 6.11. The van der Waals surface area contributed by atoms with Gasteiger partial charge in [-0.1, -0.05) is 16.8 Å². The summed E-state index contributed by atoms with van der Waals surface area (Å²) >= 11 is 5.87. The lowest BCUT2D eigenvalue weighted by atomic mass is 10.3. The molecule has 0 atom stereocenters. The predicted octanol–water partition coefficient (Wildman–Crippen LogP) is 1.49. The van der Waals surface area contributed by atoms with Crippen LogP contribution in [0.1, 0.15) is 5.69 Å². The third-order valence-electron chi connectivity index (χ3n) is 1.97. The minimum absolute atomic E-state index is 0.200. The Kier molecular flexibility index (Phi) is 1.66. The van der Waals surface area contributed by atoms with Crippen LogP contribution in [0.15, 0.2) is 15.4 Å². The largest absolute Gasteiger partial charge is 0.337 e. The second kappa shape index (κ2) is 2.60. The number of nitrogens with zero attached hydrogens (tertiary/aromatic N) is 2. The van der Waals surface area contributed by atoms with Crippen molar-refractivity contribution >= 4 is 22.7 Å². The Hall–Kier alpha value is -1.29. The molecule has 0 radical (unpaired) electrons. The second-order valence-electron chi connectivity index (χ2n) is 2.84. The summed E-state index contributed by atoms with van der Waals surface area (Å²) in [6.45, 7) is 1.78. The van der Waals surface area contributed by atoms with Crippen LogP contribution >= 0.6 is 11.6 Å². The first-order valence-electron chi connectivity index (χ1n) is 3.73. The van der Waals surface area contributed by atoms with Crippen molar-refractivity contribution in [3.8, 4) is 0 Å². The van der Waals surface area contributed by atoms with Gasteiger partial charge in [0.2, 0.25) is 5.71 Å². The molecule has 2 aromatic heterocycles. The number of halogens is 1. The fourth-order valence-electron chi connectivity index (χ4n) is 1.24. The normalized spacial score (nSPS) is 11.0. The third kappa shape index (κ3) is 1.06. The lowest BCUT2D eigenvalue weighted by Crippen LogP contribution is -2.14.